The van der Waals surface area contributed by atoms with Gasteiger partial charge in [-0.15, -0.1) is 0 Å². The van der Waals surface area contributed by atoms with Crippen LogP contribution in [0.3, 0.4) is 0 Å². The predicted molar refractivity (Wildman–Crippen MR) is 154 cm³/mol. The number of anilines is 1. The van der Waals surface area contributed by atoms with E-state index in [1.165, 1.54) is 4.90 Å². The summed E-state index contributed by atoms with van der Waals surface area (Å²) in [5, 5.41) is 3.13. The van der Waals surface area contributed by atoms with Gasteiger partial charge in [-0.2, -0.15) is 0 Å². The van der Waals surface area contributed by atoms with E-state index in [1.54, 1.807) is 54.6 Å². The van der Waals surface area contributed by atoms with E-state index in [0.29, 0.717) is 12.1 Å². The molecular weight excluding hydrogens is 510 g/mol. The van der Waals surface area contributed by atoms with E-state index in [1.807, 2.05) is 44.2 Å². The lowest BCUT2D eigenvalue weighted by Crippen LogP contribution is -2.53. The van der Waals surface area contributed by atoms with E-state index >= 15 is 0 Å². The van der Waals surface area contributed by atoms with Crippen molar-refractivity contribution < 1.29 is 18.0 Å². The second-order valence-corrected chi connectivity index (χ2v) is 11.9. The zero-order chi connectivity index (χ0) is 27.8. The quantitative estimate of drug-likeness (QED) is 0.364. The number of nitrogens with zero attached hydrogens (tertiary/aromatic N) is 2. The van der Waals surface area contributed by atoms with Crippen LogP contribution < -0.4 is 9.62 Å². The summed E-state index contributed by atoms with van der Waals surface area (Å²) in [4.78, 5) is 29.1. The van der Waals surface area contributed by atoms with Crippen molar-refractivity contribution in [3.8, 4) is 0 Å². The van der Waals surface area contributed by atoms with Gasteiger partial charge in [0.1, 0.15) is 12.6 Å². The van der Waals surface area contributed by atoms with Crippen LogP contribution in [0.25, 0.3) is 0 Å². The van der Waals surface area contributed by atoms with Crippen molar-refractivity contribution in [2.75, 3.05) is 10.8 Å². The lowest BCUT2D eigenvalue weighted by molar-refractivity contribution is -0.140. The number of rotatable bonds is 11. The molecule has 2 amide bonds. The smallest absolute Gasteiger partial charge is 0.264 e. The summed E-state index contributed by atoms with van der Waals surface area (Å²) >= 11 is 0. The third-order valence-corrected chi connectivity index (χ3v) is 9.00. The molecule has 0 spiro atoms. The van der Waals surface area contributed by atoms with Gasteiger partial charge in [-0.25, -0.2) is 8.42 Å². The average molecular weight is 548 g/mol. The Kier molecular flexibility index (Phi) is 9.41. The van der Waals surface area contributed by atoms with Gasteiger partial charge in [0.05, 0.1) is 10.6 Å². The molecule has 7 nitrogen and oxygen atoms in total. The van der Waals surface area contributed by atoms with E-state index in [4.69, 9.17) is 0 Å². The summed E-state index contributed by atoms with van der Waals surface area (Å²) in [6.07, 6.45) is 4.44. The Balaban J connectivity index is 1.68. The monoisotopic (exact) mass is 547 g/mol. The van der Waals surface area contributed by atoms with Gasteiger partial charge in [-0.1, -0.05) is 86.0 Å². The number of sulfonamides is 1. The summed E-state index contributed by atoms with van der Waals surface area (Å²) in [6, 6.07) is 24.1. The molecule has 3 aromatic carbocycles. The zero-order valence-corrected chi connectivity index (χ0v) is 23.4. The van der Waals surface area contributed by atoms with Crippen LogP contribution in [0.4, 0.5) is 5.69 Å². The summed E-state index contributed by atoms with van der Waals surface area (Å²) < 4.78 is 28.8. The number of carbonyl (C=O) groups excluding carboxylic acids is 2. The first-order valence-corrected chi connectivity index (χ1v) is 15.0. The largest absolute Gasteiger partial charge is 0.352 e. The second kappa shape index (κ2) is 12.9. The standard InChI is InChI=1S/C31H37N3O4S/c1-3-29(31(36)32-26-14-10-11-15-26)33(22-25-12-6-4-7-13-25)30(35)23-34(27-16-8-5-9-17-27)39(37,38)28-20-18-24(2)19-21-28/h4-9,12-13,16-21,26,29H,3,10-11,14-15,22-23H2,1-2H3,(H,32,36)/t29-/m1/s1. The molecule has 1 saturated carbocycles. The number of amides is 2. The third-order valence-electron chi connectivity index (χ3n) is 7.22. The van der Waals surface area contributed by atoms with Gasteiger partial charge >= 0.3 is 0 Å². The van der Waals surface area contributed by atoms with E-state index in [2.05, 4.69) is 5.32 Å². The molecule has 0 unspecified atom stereocenters. The zero-order valence-electron chi connectivity index (χ0n) is 22.6. The van der Waals surface area contributed by atoms with E-state index in [-0.39, 0.29) is 23.4 Å². The number of hydrogen-bond donors (Lipinski definition) is 1. The third kappa shape index (κ3) is 7.06. The predicted octanol–water partition coefficient (Wildman–Crippen LogP) is 5.06. The van der Waals surface area contributed by atoms with Crippen LogP contribution in [0.5, 0.6) is 0 Å². The summed E-state index contributed by atoms with van der Waals surface area (Å²) in [6.45, 7) is 3.53. The topological polar surface area (TPSA) is 86.8 Å². The van der Waals surface area contributed by atoms with Crippen LogP contribution in [0, 0.1) is 6.92 Å². The molecule has 8 heteroatoms. The van der Waals surface area contributed by atoms with Gasteiger partial charge in [0.25, 0.3) is 10.0 Å². The maximum Gasteiger partial charge on any atom is 0.264 e. The lowest BCUT2D eigenvalue weighted by Gasteiger charge is -2.33. The molecule has 1 N–H and O–H groups in total. The second-order valence-electron chi connectivity index (χ2n) is 10.1. The highest BCUT2D eigenvalue weighted by molar-refractivity contribution is 7.92. The summed E-state index contributed by atoms with van der Waals surface area (Å²) in [7, 11) is -4.06. The van der Waals surface area contributed by atoms with Gasteiger partial charge in [0.2, 0.25) is 11.8 Å². The van der Waals surface area contributed by atoms with Crippen LogP contribution >= 0.6 is 0 Å². The molecule has 0 aromatic heterocycles. The van der Waals surface area contributed by atoms with Crippen molar-refractivity contribution in [1.29, 1.82) is 0 Å². The fourth-order valence-corrected chi connectivity index (χ4v) is 6.44. The van der Waals surface area contributed by atoms with Crippen molar-refractivity contribution >= 4 is 27.5 Å². The van der Waals surface area contributed by atoms with E-state index in [9.17, 15) is 18.0 Å². The molecule has 1 atom stereocenters. The first-order chi connectivity index (χ1) is 18.8. The Hall–Kier alpha value is -3.65. The van der Waals surface area contributed by atoms with Crippen molar-refractivity contribution in [1.82, 2.24) is 10.2 Å². The molecule has 0 radical (unpaired) electrons. The molecule has 206 valence electrons. The fraction of sp³-hybridized carbons (Fsp3) is 0.355. The Bertz CT molecular complexity index is 1340. The Morgan fingerprint density at radius 1 is 0.897 bits per heavy atom. The van der Waals surface area contributed by atoms with Crippen LogP contribution in [0.1, 0.15) is 50.2 Å². The normalized spacial score (nSPS) is 14.5. The minimum Gasteiger partial charge on any atom is -0.352 e. The molecule has 0 heterocycles. The van der Waals surface area contributed by atoms with Crippen LogP contribution in [-0.4, -0.2) is 43.8 Å². The van der Waals surface area contributed by atoms with Gasteiger partial charge in [-0.3, -0.25) is 13.9 Å². The van der Waals surface area contributed by atoms with Crippen LogP contribution in [-0.2, 0) is 26.2 Å². The molecule has 1 aliphatic rings. The highest BCUT2D eigenvalue weighted by Crippen LogP contribution is 2.25. The highest BCUT2D eigenvalue weighted by Gasteiger charge is 2.34. The van der Waals surface area contributed by atoms with E-state index in [0.717, 1.165) is 41.1 Å². The summed E-state index contributed by atoms with van der Waals surface area (Å²) in [5.74, 6) is -0.631. The minimum absolute atomic E-state index is 0.102. The molecule has 39 heavy (non-hydrogen) atoms. The summed E-state index contributed by atoms with van der Waals surface area (Å²) in [5.41, 5.74) is 2.18. The number of nitrogens with one attached hydrogen (secondary N) is 1. The number of carbonyl (C=O) groups is 2. The van der Waals surface area contributed by atoms with Crippen molar-refractivity contribution in [2.45, 2.75) is 69.5 Å². The van der Waals surface area contributed by atoms with Gasteiger partial charge in [0.15, 0.2) is 0 Å². The first kappa shape index (κ1) is 28.4. The molecule has 4 rings (SSSR count). The Labute approximate surface area is 231 Å². The number of para-hydroxylation sites is 1. The molecule has 0 aliphatic heterocycles. The first-order valence-electron chi connectivity index (χ1n) is 13.6. The molecule has 0 bridgehead atoms. The maximum atomic E-state index is 14.0. The maximum absolute atomic E-state index is 14.0. The van der Waals surface area contributed by atoms with Gasteiger partial charge in [-0.05, 0) is 56.0 Å². The van der Waals surface area contributed by atoms with Crippen molar-refractivity contribution in [3.63, 3.8) is 0 Å². The molecule has 0 saturated heterocycles. The average Bonchev–Trinajstić information content (AvgIpc) is 3.45. The van der Waals surface area contributed by atoms with Crippen LogP contribution in [0.15, 0.2) is 89.8 Å². The number of hydrogen-bond acceptors (Lipinski definition) is 4. The fourth-order valence-electron chi connectivity index (χ4n) is 5.03. The van der Waals surface area contributed by atoms with Crippen molar-refractivity contribution in [3.05, 3.63) is 96.1 Å². The minimum atomic E-state index is -4.06. The van der Waals surface area contributed by atoms with Crippen LogP contribution in [0.2, 0.25) is 0 Å². The highest BCUT2D eigenvalue weighted by atomic mass is 32.2. The number of aryl methyl sites for hydroxylation is 1. The molecular formula is C31H37N3O4S. The molecule has 1 fully saturated rings. The molecule has 1 aliphatic carbocycles. The molecule has 3 aromatic rings. The number of benzene rings is 3. The lowest BCUT2D eigenvalue weighted by atomic mass is 10.1. The Morgan fingerprint density at radius 3 is 2.08 bits per heavy atom. The van der Waals surface area contributed by atoms with Gasteiger partial charge < -0.3 is 10.2 Å². The Morgan fingerprint density at radius 2 is 1.49 bits per heavy atom. The van der Waals surface area contributed by atoms with Crippen molar-refractivity contribution in [2.24, 2.45) is 0 Å². The van der Waals surface area contributed by atoms with Gasteiger partial charge in [0, 0.05) is 12.6 Å². The van der Waals surface area contributed by atoms with E-state index < -0.39 is 28.5 Å². The SMILES string of the molecule is CC[C@H](C(=O)NC1CCCC1)N(Cc1ccccc1)C(=O)CN(c1ccccc1)S(=O)(=O)c1ccc(C)cc1.